The number of H-pyrrole nitrogens is 2. The topological polar surface area (TPSA) is 104 Å². The fraction of sp³-hybridized carbons (Fsp3) is 0.333. The number of aryl methyl sites for hydroxylation is 1. The summed E-state index contributed by atoms with van der Waals surface area (Å²) >= 11 is 0. The normalized spacial score (nSPS) is 14.0. The second kappa shape index (κ2) is 5.38. The first-order chi connectivity index (χ1) is 11.3. The van der Waals surface area contributed by atoms with Crippen molar-refractivity contribution in [3.05, 3.63) is 41.6 Å². The van der Waals surface area contributed by atoms with Crippen LogP contribution in [0.1, 0.15) is 34.6 Å². The summed E-state index contributed by atoms with van der Waals surface area (Å²) in [5.74, 6) is 0.592. The third kappa shape index (κ3) is 2.32. The maximum Gasteiger partial charge on any atom is 0.291 e. The van der Waals surface area contributed by atoms with Crippen LogP contribution in [0.15, 0.2) is 23.1 Å². The molecule has 0 saturated carbocycles. The molecule has 0 fully saturated rings. The lowest BCUT2D eigenvalue weighted by molar-refractivity contribution is 0.0699. The van der Waals surface area contributed by atoms with Crippen LogP contribution in [0.4, 0.5) is 0 Å². The van der Waals surface area contributed by atoms with Gasteiger partial charge in [0.15, 0.2) is 0 Å². The van der Waals surface area contributed by atoms with Crippen molar-refractivity contribution >= 4 is 5.91 Å². The molecule has 2 N–H and O–H groups in total. The number of hydrogen-bond donors (Lipinski definition) is 2. The molecule has 3 aromatic heterocycles. The van der Waals surface area contributed by atoms with E-state index < -0.39 is 0 Å². The Hall–Kier alpha value is -2.90. The maximum atomic E-state index is 12.8. The molecular weight excluding hydrogens is 296 g/mol. The van der Waals surface area contributed by atoms with Crippen LogP contribution in [0, 0.1) is 0 Å². The van der Waals surface area contributed by atoms with Crippen molar-refractivity contribution in [3.8, 4) is 11.5 Å². The van der Waals surface area contributed by atoms with Crippen LogP contribution in [0.2, 0.25) is 0 Å². The van der Waals surface area contributed by atoms with Gasteiger partial charge >= 0.3 is 0 Å². The third-order valence-electron chi connectivity index (χ3n) is 4.03. The summed E-state index contributed by atoms with van der Waals surface area (Å²) < 4.78 is 5.75. The number of amides is 1. The Morgan fingerprint density at radius 1 is 1.48 bits per heavy atom. The van der Waals surface area contributed by atoms with Crippen molar-refractivity contribution in [1.29, 1.82) is 0 Å². The van der Waals surface area contributed by atoms with Gasteiger partial charge in [-0.2, -0.15) is 5.10 Å². The molecule has 0 saturated heterocycles. The Morgan fingerprint density at radius 3 is 3.17 bits per heavy atom. The molecule has 0 radical (unpaired) electrons. The zero-order chi connectivity index (χ0) is 15.8. The number of carbonyl (C=O) groups excluding carboxylic acids is 1. The molecule has 1 amide bonds. The number of aromatic amines is 2. The summed E-state index contributed by atoms with van der Waals surface area (Å²) in [4.78, 5) is 26.4. The van der Waals surface area contributed by atoms with Gasteiger partial charge in [-0.3, -0.25) is 9.89 Å². The highest BCUT2D eigenvalue weighted by atomic mass is 16.4. The van der Waals surface area contributed by atoms with Crippen molar-refractivity contribution in [2.45, 2.75) is 26.3 Å². The summed E-state index contributed by atoms with van der Waals surface area (Å²) in [6.45, 7) is 3.09. The molecular formula is C15H16N6O2. The minimum absolute atomic E-state index is 0.135. The average molecular weight is 312 g/mol. The van der Waals surface area contributed by atoms with Crippen LogP contribution in [0.25, 0.3) is 11.5 Å². The summed E-state index contributed by atoms with van der Waals surface area (Å²) in [6, 6.07) is 0. The highest BCUT2D eigenvalue weighted by Gasteiger charge is 2.28. The highest BCUT2D eigenvalue weighted by molar-refractivity contribution is 5.93. The standard InChI is InChI=1S/C15H16N6O2/c1-2-10-13(23-14(20-10)9-5-18-19-6-9)15(22)21-4-3-11-12(7-21)17-8-16-11/h5-6,8H,2-4,7H2,1H3,(H,16,17)(H,18,19). The van der Waals surface area contributed by atoms with Crippen LogP contribution in [-0.2, 0) is 19.4 Å². The Kier molecular flexibility index (Phi) is 3.22. The average Bonchev–Trinajstić information content (AvgIpc) is 3.31. The number of rotatable bonds is 3. The van der Waals surface area contributed by atoms with E-state index in [0.29, 0.717) is 36.9 Å². The highest BCUT2D eigenvalue weighted by Crippen LogP contribution is 2.24. The monoisotopic (exact) mass is 312 g/mol. The van der Waals surface area contributed by atoms with E-state index in [1.165, 1.54) is 0 Å². The first-order valence-corrected chi connectivity index (χ1v) is 7.55. The summed E-state index contributed by atoms with van der Waals surface area (Å²) in [5, 5.41) is 6.60. The van der Waals surface area contributed by atoms with E-state index in [0.717, 1.165) is 23.4 Å². The molecule has 0 aliphatic carbocycles. The van der Waals surface area contributed by atoms with E-state index in [4.69, 9.17) is 4.42 Å². The fourth-order valence-electron chi connectivity index (χ4n) is 2.78. The Balaban J connectivity index is 1.64. The smallest absolute Gasteiger partial charge is 0.291 e. The number of oxazole rings is 1. The van der Waals surface area contributed by atoms with Gasteiger partial charge in [-0.1, -0.05) is 6.92 Å². The van der Waals surface area contributed by atoms with E-state index in [1.807, 2.05) is 6.92 Å². The molecule has 0 atom stereocenters. The zero-order valence-corrected chi connectivity index (χ0v) is 12.7. The molecule has 3 aromatic rings. The second-order valence-corrected chi connectivity index (χ2v) is 5.44. The molecule has 8 heteroatoms. The SMILES string of the molecule is CCc1nc(-c2cn[nH]c2)oc1C(=O)N1CCc2nc[nH]c2C1. The van der Waals surface area contributed by atoms with Crippen molar-refractivity contribution < 1.29 is 9.21 Å². The molecule has 8 nitrogen and oxygen atoms in total. The van der Waals surface area contributed by atoms with Crippen LogP contribution in [0.5, 0.6) is 0 Å². The van der Waals surface area contributed by atoms with Gasteiger partial charge in [-0.15, -0.1) is 0 Å². The van der Waals surface area contributed by atoms with E-state index in [-0.39, 0.29) is 5.91 Å². The van der Waals surface area contributed by atoms with Gasteiger partial charge in [-0.25, -0.2) is 9.97 Å². The van der Waals surface area contributed by atoms with Gasteiger partial charge in [0.2, 0.25) is 11.7 Å². The summed E-state index contributed by atoms with van der Waals surface area (Å²) in [7, 11) is 0. The van der Waals surface area contributed by atoms with Gasteiger partial charge in [0.25, 0.3) is 5.91 Å². The molecule has 0 aromatic carbocycles. The second-order valence-electron chi connectivity index (χ2n) is 5.44. The number of nitrogens with one attached hydrogen (secondary N) is 2. The lowest BCUT2D eigenvalue weighted by atomic mass is 10.1. The predicted octanol–water partition coefficient (Wildman–Crippen LogP) is 1.55. The van der Waals surface area contributed by atoms with Crippen molar-refractivity contribution in [1.82, 2.24) is 30.0 Å². The van der Waals surface area contributed by atoms with E-state index >= 15 is 0 Å². The zero-order valence-electron chi connectivity index (χ0n) is 12.7. The quantitative estimate of drug-likeness (QED) is 0.763. The minimum atomic E-state index is -0.135. The Bertz CT molecular complexity index is 832. The molecule has 1 aliphatic rings. The number of aromatic nitrogens is 5. The van der Waals surface area contributed by atoms with Crippen LogP contribution < -0.4 is 0 Å². The van der Waals surface area contributed by atoms with Crippen molar-refractivity contribution in [2.75, 3.05) is 6.54 Å². The van der Waals surface area contributed by atoms with E-state index in [1.54, 1.807) is 23.6 Å². The number of nitrogens with zero attached hydrogens (tertiary/aromatic N) is 4. The molecule has 0 bridgehead atoms. The van der Waals surface area contributed by atoms with Crippen LogP contribution in [0.3, 0.4) is 0 Å². The number of fused-ring (bicyclic) bond motifs is 1. The molecule has 1 aliphatic heterocycles. The first-order valence-electron chi connectivity index (χ1n) is 7.55. The van der Waals surface area contributed by atoms with E-state index in [2.05, 4.69) is 25.1 Å². The van der Waals surface area contributed by atoms with Gasteiger partial charge in [0.05, 0.1) is 41.7 Å². The van der Waals surface area contributed by atoms with E-state index in [9.17, 15) is 4.79 Å². The van der Waals surface area contributed by atoms with Gasteiger partial charge in [0, 0.05) is 19.2 Å². The van der Waals surface area contributed by atoms with Crippen LogP contribution in [-0.4, -0.2) is 42.5 Å². The Morgan fingerprint density at radius 2 is 2.39 bits per heavy atom. The van der Waals surface area contributed by atoms with Crippen molar-refractivity contribution in [2.24, 2.45) is 0 Å². The molecule has 118 valence electrons. The fourth-order valence-corrected chi connectivity index (χ4v) is 2.78. The van der Waals surface area contributed by atoms with Gasteiger partial charge < -0.3 is 14.3 Å². The lowest BCUT2D eigenvalue weighted by Gasteiger charge is -2.25. The molecule has 4 heterocycles. The predicted molar refractivity (Wildman–Crippen MR) is 80.5 cm³/mol. The van der Waals surface area contributed by atoms with Crippen LogP contribution >= 0.6 is 0 Å². The molecule has 23 heavy (non-hydrogen) atoms. The first kappa shape index (κ1) is 13.7. The third-order valence-corrected chi connectivity index (χ3v) is 4.03. The van der Waals surface area contributed by atoms with Gasteiger partial charge in [0.1, 0.15) is 0 Å². The summed E-state index contributed by atoms with van der Waals surface area (Å²) in [6.07, 6.45) is 6.36. The largest absolute Gasteiger partial charge is 0.430 e. The summed E-state index contributed by atoms with van der Waals surface area (Å²) in [5.41, 5.74) is 3.41. The minimum Gasteiger partial charge on any atom is -0.430 e. The Labute approximate surface area is 131 Å². The van der Waals surface area contributed by atoms with Crippen molar-refractivity contribution in [3.63, 3.8) is 0 Å². The lowest BCUT2D eigenvalue weighted by Crippen LogP contribution is -2.36. The molecule has 0 unspecified atom stereocenters. The maximum absolute atomic E-state index is 12.8. The molecule has 4 rings (SSSR count). The van der Waals surface area contributed by atoms with Gasteiger partial charge in [-0.05, 0) is 6.42 Å². The number of carbonyl (C=O) groups is 1. The number of imidazole rings is 1. The molecule has 0 spiro atoms. The number of hydrogen-bond acceptors (Lipinski definition) is 5.